The second-order valence-corrected chi connectivity index (χ2v) is 5.31. The largest absolute Gasteiger partial charge is 0.370 e. The van der Waals surface area contributed by atoms with Crippen LogP contribution in [0.25, 0.3) is 5.65 Å². The number of pyridine rings is 1. The van der Waals surface area contributed by atoms with Crippen LogP contribution in [0.2, 0.25) is 0 Å². The third-order valence-corrected chi connectivity index (χ3v) is 3.64. The zero-order valence-electron chi connectivity index (χ0n) is 10.9. The van der Waals surface area contributed by atoms with Gasteiger partial charge in [0.1, 0.15) is 0 Å². The summed E-state index contributed by atoms with van der Waals surface area (Å²) in [6.45, 7) is 6.61. The van der Waals surface area contributed by atoms with Crippen LogP contribution in [0.15, 0.2) is 12.3 Å². The van der Waals surface area contributed by atoms with Gasteiger partial charge < -0.3 is 10.6 Å². The number of anilines is 2. The number of nitrogens with zero attached hydrogens (tertiary/aromatic N) is 4. The van der Waals surface area contributed by atoms with Crippen molar-refractivity contribution in [2.45, 2.75) is 26.7 Å². The van der Waals surface area contributed by atoms with E-state index in [9.17, 15) is 0 Å². The van der Waals surface area contributed by atoms with E-state index in [0.717, 1.165) is 30.2 Å². The highest BCUT2D eigenvalue weighted by Crippen LogP contribution is 2.24. The Hall–Kier alpha value is -1.78. The van der Waals surface area contributed by atoms with E-state index < -0.39 is 0 Å². The van der Waals surface area contributed by atoms with Crippen molar-refractivity contribution in [3.63, 3.8) is 0 Å². The molecule has 0 radical (unpaired) electrons. The molecule has 5 heteroatoms. The molecule has 1 unspecified atom stereocenters. The molecule has 0 saturated carbocycles. The Morgan fingerprint density at radius 1 is 1.44 bits per heavy atom. The summed E-state index contributed by atoms with van der Waals surface area (Å²) in [6.07, 6.45) is 4.62. The zero-order valence-corrected chi connectivity index (χ0v) is 10.9. The standard InChI is InChI=1S/C13H19N5/c1-9-4-3-5-17(7-9)11-6-10(2)12-15-13(14)16-18(12)8-11/h6,8-9H,3-5,7H2,1-2H3,(H2,14,16). The van der Waals surface area contributed by atoms with Gasteiger partial charge in [-0.3, -0.25) is 0 Å². The van der Waals surface area contributed by atoms with Crippen molar-refractivity contribution >= 4 is 17.3 Å². The molecule has 0 aliphatic carbocycles. The van der Waals surface area contributed by atoms with E-state index in [4.69, 9.17) is 5.73 Å². The quantitative estimate of drug-likeness (QED) is 0.833. The molecular formula is C13H19N5. The van der Waals surface area contributed by atoms with Gasteiger partial charge in [-0.25, -0.2) is 4.52 Å². The summed E-state index contributed by atoms with van der Waals surface area (Å²) in [5, 5.41) is 4.21. The molecule has 0 aromatic carbocycles. The molecule has 3 rings (SSSR count). The van der Waals surface area contributed by atoms with Crippen LogP contribution in [0.5, 0.6) is 0 Å². The summed E-state index contributed by atoms with van der Waals surface area (Å²) < 4.78 is 1.79. The van der Waals surface area contributed by atoms with Gasteiger partial charge in [-0.2, -0.15) is 4.98 Å². The highest BCUT2D eigenvalue weighted by molar-refractivity contribution is 5.58. The van der Waals surface area contributed by atoms with Crippen molar-refractivity contribution in [3.8, 4) is 0 Å². The Balaban J connectivity index is 2.01. The number of hydrogen-bond acceptors (Lipinski definition) is 4. The number of rotatable bonds is 1. The van der Waals surface area contributed by atoms with Crippen molar-refractivity contribution in [1.82, 2.24) is 14.6 Å². The molecule has 18 heavy (non-hydrogen) atoms. The molecule has 0 amide bonds. The number of fused-ring (bicyclic) bond motifs is 1. The minimum absolute atomic E-state index is 0.335. The van der Waals surface area contributed by atoms with Crippen molar-refractivity contribution in [3.05, 3.63) is 17.8 Å². The van der Waals surface area contributed by atoms with E-state index >= 15 is 0 Å². The van der Waals surface area contributed by atoms with Crippen LogP contribution in [0.1, 0.15) is 25.3 Å². The Labute approximate surface area is 107 Å². The highest BCUT2D eigenvalue weighted by atomic mass is 15.3. The lowest BCUT2D eigenvalue weighted by Gasteiger charge is -2.32. The molecule has 2 aromatic heterocycles. The maximum atomic E-state index is 5.65. The van der Waals surface area contributed by atoms with E-state index in [2.05, 4.69) is 34.9 Å². The highest BCUT2D eigenvalue weighted by Gasteiger charge is 2.18. The lowest BCUT2D eigenvalue weighted by molar-refractivity contribution is 0.446. The van der Waals surface area contributed by atoms with Crippen LogP contribution in [-0.2, 0) is 0 Å². The van der Waals surface area contributed by atoms with E-state index in [-0.39, 0.29) is 0 Å². The Morgan fingerprint density at radius 2 is 2.28 bits per heavy atom. The van der Waals surface area contributed by atoms with E-state index in [0.29, 0.717) is 5.95 Å². The minimum Gasteiger partial charge on any atom is -0.370 e. The number of nitrogens with two attached hydrogens (primary N) is 1. The topological polar surface area (TPSA) is 59.5 Å². The molecule has 2 N–H and O–H groups in total. The smallest absolute Gasteiger partial charge is 0.240 e. The molecule has 1 fully saturated rings. The normalized spacial score (nSPS) is 20.6. The Kier molecular flexibility index (Phi) is 2.61. The predicted molar refractivity (Wildman–Crippen MR) is 72.7 cm³/mol. The van der Waals surface area contributed by atoms with Crippen molar-refractivity contribution in [2.75, 3.05) is 23.7 Å². The number of hydrogen-bond donors (Lipinski definition) is 1. The van der Waals surface area contributed by atoms with Gasteiger partial charge >= 0.3 is 0 Å². The first kappa shape index (κ1) is 11.3. The van der Waals surface area contributed by atoms with Gasteiger partial charge in [0, 0.05) is 13.1 Å². The predicted octanol–water partition coefficient (Wildman–Crippen LogP) is 1.86. The second kappa shape index (κ2) is 4.15. The van der Waals surface area contributed by atoms with Gasteiger partial charge in [0.25, 0.3) is 0 Å². The molecular weight excluding hydrogens is 226 g/mol. The van der Waals surface area contributed by atoms with Crippen LogP contribution in [0, 0.1) is 12.8 Å². The van der Waals surface area contributed by atoms with Crippen LogP contribution in [0.4, 0.5) is 11.6 Å². The summed E-state index contributed by atoms with van der Waals surface area (Å²) >= 11 is 0. The summed E-state index contributed by atoms with van der Waals surface area (Å²) in [5.41, 5.74) is 8.84. The molecule has 5 nitrogen and oxygen atoms in total. The number of aryl methyl sites for hydroxylation is 1. The van der Waals surface area contributed by atoms with Gasteiger partial charge in [-0.1, -0.05) is 6.92 Å². The molecule has 2 aromatic rings. The minimum atomic E-state index is 0.335. The molecule has 1 saturated heterocycles. The third kappa shape index (κ3) is 1.89. The van der Waals surface area contributed by atoms with Gasteiger partial charge in [0.2, 0.25) is 5.95 Å². The maximum absolute atomic E-state index is 5.65. The maximum Gasteiger partial charge on any atom is 0.240 e. The fourth-order valence-electron chi connectivity index (χ4n) is 2.74. The van der Waals surface area contributed by atoms with Gasteiger partial charge in [0.15, 0.2) is 5.65 Å². The summed E-state index contributed by atoms with van der Waals surface area (Å²) in [5.74, 6) is 1.10. The molecule has 1 aliphatic rings. The zero-order chi connectivity index (χ0) is 12.7. The molecule has 3 heterocycles. The van der Waals surface area contributed by atoms with E-state index in [1.807, 2.05) is 6.20 Å². The summed E-state index contributed by atoms with van der Waals surface area (Å²) in [6, 6.07) is 2.18. The summed E-state index contributed by atoms with van der Waals surface area (Å²) in [4.78, 5) is 6.65. The molecule has 1 atom stereocenters. The number of nitrogen functional groups attached to an aromatic ring is 1. The number of aromatic nitrogens is 3. The molecule has 0 spiro atoms. The lowest BCUT2D eigenvalue weighted by atomic mass is 10.00. The van der Waals surface area contributed by atoms with Crippen molar-refractivity contribution in [1.29, 1.82) is 0 Å². The average Bonchev–Trinajstić information content (AvgIpc) is 2.70. The van der Waals surface area contributed by atoms with E-state index in [1.54, 1.807) is 4.52 Å². The van der Waals surface area contributed by atoms with Crippen LogP contribution >= 0.6 is 0 Å². The van der Waals surface area contributed by atoms with E-state index in [1.165, 1.54) is 18.5 Å². The first-order chi connectivity index (χ1) is 8.63. The monoisotopic (exact) mass is 245 g/mol. The van der Waals surface area contributed by atoms with Crippen molar-refractivity contribution < 1.29 is 0 Å². The third-order valence-electron chi connectivity index (χ3n) is 3.64. The molecule has 0 bridgehead atoms. The van der Waals surface area contributed by atoms with Gasteiger partial charge in [-0.15, -0.1) is 5.10 Å². The van der Waals surface area contributed by atoms with Crippen LogP contribution in [-0.4, -0.2) is 27.7 Å². The Morgan fingerprint density at radius 3 is 3.06 bits per heavy atom. The fraction of sp³-hybridized carbons (Fsp3) is 0.538. The van der Waals surface area contributed by atoms with Crippen LogP contribution < -0.4 is 10.6 Å². The van der Waals surface area contributed by atoms with Gasteiger partial charge in [-0.05, 0) is 37.3 Å². The average molecular weight is 245 g/mol. The lowest BCUT2D eigenvalue weighted by Crippen LogP contribution is -2.34. The summed E-state index contributed by atoms with van der Waals surface area (Å²) in [7, 11) is 0. The molecule has 96 valence electrons. The Bertz CT molecular complexity index is 574. The molecule has 1 aliphatic heterocycles. The fourth-order valence-corrected chi connectivity index (χ4v) is 2.74. The van der Waals surface area contributed by atoms with Crippen molar-refractivity contribution in [2.24, 2.45) is 5.92 Å². The van der Waals surface area contributed by atoms with Gasteiger partial charge in [0.05, 0.1) is 11.9 Å². The first-order valence-corrected chi connectivity index (χ1v) is 6.51. The first-order valence-electron chi connectivity index (χ1n) is 6.51. The second-order valence-electron chi connectivity index (χ2n) is 5.31. The SMILES string of the molecule is Cc1cc(N2CCCC(C)C2)cn2nc(N)nc12. The van der Waals surface area contributed by atoms with Crippen LogP contribution in [0.3, 0.4) is 0 Å². The number of piperidine rings is 1.